The molecule has 0 atom stereocenters. The Labute approximate surface area is 141 Å². The topological polar surface area (TPSA) is 46.2 Å². The molecule has 3 nitrogen and oxygen atoms in total. The van der Waals surface area contributed by atoms with E-state index in [0.29, 0.717) is 15.6 Å². The Morgan fingerprint density at radius 2 is 1.70 bits per heavy atom. The number of benzene rings is 2. The highest BCUT2D eigenvalue weighted by Crippen LogP contribution is 2.25. The standard InChI is InChI=1S/C13H10Cl2INO2S/c14-12-3-1-2-9(13(12)15)8-17-20(18,19)11-6-4-10(16)5-7-11/h1-7,17H,8H2. The lowest BCUT2D eigenvalue weighted by atomic mass is 10.2. The smallest absolute Gasteiger partial charge is 0.207 e. The number of nitrogens with one attached hydrogen (secondary N) is 1. The first kappa shape index (κ1) is 16.0. The van der Waals surface area contributed by atoms with Gasteiger partial charge >= 0.3 is 0 Å². The number of hydrogen-bond donors (Lipinski definition) is 1. The van der Waals surface area contributed by atoms with Crippen molar-refractivity contribution in [3.63, 3.8) is 0 Å². The Morgan fingerprint density at radius 1 is 1.05 bits per heavy atom. The molecule has 0 aliphatic rings. The highest BCUT2D eigenvalue weighted by molar-refractivity contribution is 14.1. The minimum atomic E-state index is -3.56. The van der Waals surface area contributed by atoms with Gasteiger partial charge in [-0.2, -0.15) is 0 Å². The zero-order valence-electron chi connectivity index (χ0n) is 10.1. The fraction of sp³-hybridized carbons (Fsp3) is 0.0769. The van der Waals surface area contributed by atoms with Crippen LogP contribution < -0.4 is 4.72 Å². The Morgan fingerprint density at radius 3 is 2.35 bits per heavy atom. The summed E-state index contributed by atoms with van der Waals surface area (Å²) in [5, 5.41) is 0.761. The average Bonchev–Trinajstić information content (AvgIpc) is 2.41. The normalized spacial score (nSPS) is 11.6. The second kappa shape index (κ2) is 6.62. The summed E-state index contributed by atoms with van der Waals surface area (Å²) in [6.45, 7) is 0.0910. The van der Waals surface area contributed by atoms with Crippen molar-refractivity contribution >= 4 is 55.8 Å². The van der Waals surface area contributed by atoms with Gasteiger partial charge in [0.15, 0.2) is 0 Å². The van der Waals surface area contributed by atoms with Gasteiger partial charge in [-0.1, -0.05) is 35.3 Å². The molecule has 0 spiro atoms. The van der Waals surface area contributed by atoms with Crippen LogP contribution in [0, 0.1) is 3.57 Å². The summed E-state index contributed by atoms with van der Waals surface area (Å²) < 4.78 is 27.7. The molecule has 0 saturated carbocycles. The van der Waals surface area contributed by atoms with Crippen LogP contribution in [0.1, 0.15) is 5.56 Å². The summed E-state index contributed by atoms with van der Waals surface area (Å²) in [7, 11) is -3.56. The molecule has 20 heavy (non-hydrogen) atoms. The van der Waals surface area contributed by atoms with Crippen LogP contribution >= 0.6 is 45.8 Å². The zero-order chi connectivity index (χ0) is 14.8. The summed E-state index contributed by atoms with van der Waals surface area (Å²) in [5.41, 5.74) is 0.633. The van der Waals surface area contributed by atoms with Crippen LogP contribution in [0.5, 0.6) is 0 Å². The van der Waals surface area contributed by atoms with Crippen molar-refractivity contribution in [2.24, 2.45) is 0 Å². The number of sulfonamides is 1. The van der Waals surface area contributed by atoms with Gasteiger partial charge in [0.25, 0.3) is 0 Å². The molecular formula is C13H10Cl2INO2S. The Hall–Kier alpha value is -0.340. The Bertz CT molecular complexity index is 718. The lowest BCUT2D eigenvalue weighted by Crippen LogP contribution is -2.23. The number of halogens is 3. The molecule has 7 heteroatoms. The highest BCUT2D eigenvalue weighted by Gasteiger charge is 2.14. The predicted octanol–water partition coefficient (Wildman–Crippen LogP) is 4.08. The Kier molecular flexibility index (Phi) is 5.30. The zero-order valence-corrected chi connectivity index (χ0v) is 14.6. The fourth-order valence-corrected chi connectivity index (χ4v) is 3.31. The predicted molar refractivity (Wildman–Crippen MR) is 89.6 cm³/mol. The molecule has 2 aromatic carbocycles. The van der Waals surface area contributed by atoms with Gasteiger partial charge in [0.05, 0.1) is 14.9 Å². The monoisotopic (exact) mass is 441 g/mol. The molecule has 0 fully saturated rings. The van der Waals surface area contributed by atoms with E-state index in [0.717, 1.165) is 3.57 Å². The molecule has 0 aromatic heterocycles. The first-order valence-corrected chi connectivity index (χ1v) is 8.90. The molecule has 0 aliphatic heterocycles. The van der Waals surface area contributed by atoms with Gasteiger partial charge in [0, 0.05) is 10.1 Å². The number of rotatable bonds is 4. The van der Waals surface area contributed by atoms with Crippen LogP contribution in [-0.4, -0.2) is 8.42 Å². The summed E-state index contributed by atoms with van der Waals surface area (Å²) in [4.78, 5) is 0.219. The van der Waals surface area contributed by atoms with Gasteiger partial charge in [0.2, 0.25) is 10.0 Å². The molecule has 2 aromatic rings. The second-order valence-electron chi connectivity index (χ2n) is 3.99. The van der Waals surface area contributed by atoms with Crippen LogP contribution in [0.25, 0.3) is 0 Å². The molecule has 1 N–H and O–H groups in total. The molecule has 0 bridgehead atoms. The van der Waals surface area contributed by atoms with Crippen LogP contribution in [0.3, 0.4) is 0 Å². The van der Waals surface area contributed by atoms with E-state index in [1.165, 1.54) is 0 Å². The van der Waals surface area contributed by atoms with Crippen molar-refractivity contribution in [1.29, 1.82) is 0 Å². The van der Waals surface area contributed by atoms with E-state index < -0.39 is 10.0 Å². The van der Waals surface area contributed by atoms with E-state index in [2.05, 4.69) is 27.3 Å². The third-order valence-electron chi connectivity index (χ3n) is 2.61. The van der Waals surface area contributed by atoms with Gasteiger partial charge in [-0.25, -0.2) is 13.1 Å². The summed E-state index contributed by atoms with van der Waals surface area (Å²) in [6, 6.07) is 11.7. The van der Waals surface area contributed by atoms with Gasteiger partial charge in [-0.3, -0.25) is 0 Å². The minimum absolute atomic E-state index is 0.0910. The summed E-state index contributed by atoms with van der Waals surface area (Å²) in [5.74, 6) is 0. The molecule has 106 valence electrons. The molecule has 0 aliphatic carbocycles. The van der Waals surface area contributed by atoms with E-state index >= 15 is 0 Å². The van der Waals surface area contributed by atoms with Crippen LogP contribution in [0.2, 0.25) is 10.0 Å². The molecule has 2 rings (SSSR count). The SMILES string of the molecule is O=S(=O)(NCc1cccc(Cl)c1Cl)c1ccc(I)cc1. The largest absolute Gasteiger partial charge is 0.240 e. The maximum absolute atomic E-state index is 12.1. The van der Waals surface area contributed by atoms with E-state index in [-0.39, 0.29) is 11.4 Å². The minimum Gasteiger partial charge on any atom is -0.207 e. The molecule has 0 amide bonds. The summed E-state index contributed by atoms with van der Waals surface area (Å²) in [6.07, 6.45) is 0. The van der Waals surface area contributed by atoms with Crippen molar-refractivity contribution in [1.82, 2.24) is 4.72 Å². The Balaban J connectivity index is 2.17. The third-order valence-corrected chi connectivity index (χ3v) is 5.60. The lowest BCUT2D eigenvalue weighted by Gasteiger charge is -2.09. The van der Waals surface area contributed by atoms with Gasteiger partial charge in [-0.15, -0.1) is 0 Å². The van der Waals surface area contributed by atoms with Gasteiger partial charge < -0.3 is 0 Å². The van der Waals surface area contributed by atoms with Gasteiger partial charge in [0.1, 0.15) is 0 Å². The maximum Gasteiger partial charge on any atom is 0.240 e. The van der Waals surface area contributed by atoms with Crippen molar-refractivity contribution in [3.05, 3.63) is 61.6 Å². The molecule has 0 unspecified atom stereocenters. The van der Waals surface area contributed by atoms with Gasteiger partial charge in [-0.05, 0) is 58.5 Å². The lowest BCUT2D eigenvalue weighted by molar-refractivity contribution is 0.581. The van der Waals surface area contributed by atoms with Crippen LogP contribution in [0.15, 0.2) is 47.4 Å². The van der Waals surface area contributed by atoms with E-state index in [1.807, 2.05) is 0 Å². The second-order valence-corrected chi connectivity index (χ2v) is 7.79. The first-order chi connectivity index (χ1) is 9.40. The average molecular weight is 442 g/mol. The van der Waals surface area contributed by atoms with Crippen LogP contribution in [-0.2, 0) is 16.6 Å². The summed E-state index contributed by atoms with van der Waals surface area (Å²) >= 11 is 14.0. The quantitative estimate of drug-likeness (QED) is 0.726. The highest BCUT2D eigenvalue weighted by atomic mass is 127. The van der Waals surface area contributed by atoms with Crippen molar-refractivity contribution in [2.75, 3.05) is 0 Å². The molecule has 0 heterocycles. The fourth-order valence-electron chi connectivity index (χ4n) is 1.55. The molecule has 0 radical (unpaired) electrons. The molecule has 0 saturated heterocycles. The van der Waals surface area contributed by atoms with E-state index in [9.17, 15) is 8.42 Å². The van der Waals surface area contributed by atoms with Crippen molar-refractivity contribution in [2.45, 2.75) is 11.4 Å². The third kappa shape index (κ3) is 3.85. The van der Waals surface area contributed by atoms with Crippen molar-refractivity contribution in [3.8, 4) is 0 Å². The van der Waals surface area contributed by atoms with Crippen LogP contribution in [0.4, 0.5) is 0 Å². The van der Waals surface area contributed by atoms with E-state index in [4.69, 9.17) is 23.2 Å². The maximum atomic E-state index is 12.1. The molecular weight excluding hydrogens is 432 g/mol. The number of hydrogen-bond acceptors (Lipinski definition) is 2. The van der Waals surface area contributed by atoms with E-state index in [1.54, 1.807) is 42.5 Å². The first-order valence-electron chi connectivity index (χ1n) is 5.58. The van der Waals surface area contributed by atoms with Crippen molar-refractivity contribution < 1.29 is 8.42 Å².